The minimum absolute atomic E-state index is 0.346. The van der Waals surface area contributed by atoms with E-state index in [-0.39, 0.29) is 0 Å². The van der Waals surface area contributed by atoms with Gasteiger partial charge in [0, 0.05) is 12.1 Å². The van der Waals surface area contributed by atoms with E-state index in [1.54, 1.807) is 13.3 Å². The van der Waals surface area contributed by atoms with Crippen molar-refractivity contribution in [2.75, 3.05) is 7.11 Å². The lowest BCUT2D eigenvalue weighted by Gasteiger charge is -2.17. The van der Waals surface area contributed by atoms with E-state index in [0.29, 0.717) is 17.8 Å². The van der Waals surface area contributed by atoms with Crippen LogP contribution in [0.2, 0.25) is 0 Å². The van der Waals surface area contributed by atoms with E-state index in [0.717, 1.165) is 29.9 Å². The largest absolute Gasteiger partial charge is 0.467 e. The van der Waals surface area contributed by atoms with Gasteiger partial charge >= 0.3 is 6.01 Å². The molecule has 0 saturated heterocycles. The summed E-state index contributed by atoms with van der Waals surface area (Å²) in [5, 5.41) is 4.13. The fraction of sp³-hybridized carbons (Fsp3) is 0.571. The average Bonchev–Trinajstić information content (AvgIpc) is 2.97. The van der Waals surface area contributed by atoms with Crippen LogP contribution in [0, 0.1) is 6.92 Å². The maximum atomic E-state index is 5.38. The lowest BCUT2D eigenvalue weighted by atomic mass is 9.89. The number of hydrogen-bond donors (Lipinski definition) is 0. The summed E-state index contributed by atoms with van der Waals surface area (Å²) in [7, 11) is 1.54. The molecule has 0 bridgehead atoms. The summed E-state index contributed by atoms with van der Waals surface area (Å²) in [4.78, 5) is 12.8. The van der Waals surface area contributed by atoms with Crippen molar-refractivity contribution in [1.82, 2.24) is 20.1 Å². The lowest BCUT2D eigenvalue weighted by molar-refractivity contribution is 0.377. The molecule has 0 radical (unpaired) electrons. The van der Waals surface area contributed by atoms with Crippen LogP contribution in [0.25, 0.3) is 11.5 Å². The Morgan fingerprint density at radius 3 is 2.70 bits per heavy atom. The molecular formula is C14H18N4O2. The van der Waals surface area contributed by atoms with Gasteiger partial charge in [-0.3, -0.25) is 0 Å². The second kappa shape index (κ2) is 5.56. The van der Waals surface area contributed by atoms with Gasteiger partial charge in [-0.2, -0.15) is 9.97 Å². The van der Waals surface area contributed by atoms with Crippen LogP contribution in [-0.4, -0.2) is 27.2 Å². The number of aromatic nitrogens is 4. The molecular weight excluding hydrogens is 256 g/mol. The SMILES string of the molecule is COc1ncc(-c2nc(C3CCCCC3)no2)c(C)n1. The number of hydrogen-bond acceptors (Lipinski definition) is 6. The molecule has 1 aliphatic carbocycles. The van der Waals surface area contributed by atoms with E-state index in [1.165, 1.54) is 19.3 Å². The average molecular weight is 274 g/mol. The van der Waals surface area contributed by atoms with E-state index in [9.17, 15) is 0 Å². The van der Waals surface area contributed by atoms with Gasteiger partial charge in [0.2, 0.25) is 0 Å². The topological polar surface area (TPSA) is 73.9 Å². The molecule has 0 N–H and O–H groups in total. The Morgan fingerprint density at radius 1 is 1.20 bits per heavy atom. The summed E-state index contributed by atoms with van der Waals surface area (Å²) in [6.07, 6.45) is 7.78. The zero-order valence-corrected chi connectivity index (χ0v) is 11.8. The van der Waals surface area contributed by atoms with Gasteiger partial charge < -0.3 is 9.26 Å². The lowest BCUT2D eigenvalue weighted by Crippen LogP contribution is -2.06. The Kier molecular flexibility index (Phi) is 3.62. The highest BCUT2D eigenvalue weighted by Gasteiger charge is 2.22. The fourth-order valence-electron chi connectivity index (χ4n) is 2.62. The summed E-state index contributed by atoms with van der Waals surface area (Å²) in [5.74, 6) is 1.74. The summed E-state index contributed by atoms with van der Waals surface area (Å²) in [6.45, 7) is 1.88. The third-order valence-electron chi connectivity index (χ3n) is 3.78. The van der Waals surface area contributed by atoms with Gasteiger partial charge in [-0.05, 0) is 19.8 Å². The molecule has 6 heteroatoms. The highest BCUT2D eigenvalue weighted by molar-refractivity contribution is 5.54. The second-order valence-corrected chi connectivity index (χ2v) is 5.15. The first-order chi connectivity index (χ1) is 9.78. The number of aryl methyl sites for hydroxylation is 1. The van der Waals surface area contributed by atoms with Crippen LogP contribution in [0.4, 0.5) is 0 Å². The van der Waals surface area contributed by atoms with Crippen molar-refractivity contribution in [2.45, 2.75) is 44.9 Å². The molecule has 2 aromatic heterocycles. The molecule has 0 aromatic carbocycles. The minimum Gasteiger partial charge on any atom is -0.467 e. The molecule has 0 spiro atoms. The third kappa shape index (κ3) is 2.50. The van der Waals surface area contributed by atoms with Crippen LogP contribution in [0.3, 0.4) is 0 Å². The molecule has 106 valence electrons. The van der Waals surface area contributed by atoms with E-state index >= 15 is 0 Å². The second-order valence-electron chi connectivity index (χ2n) is 5.15. The monoisotopic (exact) mass is 274 g/mol. The molecule has 0 unspecified atom stereocenters. The zero-order chi connectivity index (χ0) is 13.9. The maximum Gasteiger partial charge on any atom is 0.316 e. The molecule has 0 atom stereocenters. The minimum atomic E-state index is 0.346. The standard InChI is InChI=1S/C14H18N4O2/c1-9-11(8-15-14(16-9)19-2)13-17-12(18-20-13)10-6-4-3-5-7-10/h8,10H,3-7H2,1-2H3. The van der Waals surface area contributed by atoms with Crippen LogP contribution in [0.1, 0.15) is 49.5 Å². The first kappa shape index (κ1) is 13.0. The number of methoxy groups -OCH3 is 1. The highest BCUT2D eigenvalue weighted by atomic mass is 16.5. The normalized spacial score (nSPS) is 16.3. The number of rotatable bonds is 3. The Balaban J connectivity index is 1.85. The van der Waals surface area contributed by atoms with Crippen molar-refractivity contribution < 1.29 is 9.26 Å². The van der Waals surface area contributed by atoms with Gasteiger partial charge in [0.25, 0.3) is 5.89 Å². The van der Waals surface area contributed by atoms with Crippen molar-refractivity contribution in [1.29, 1.82) is 0 Å². The van der Waals surface area contributed by atoms with Crippen molar-refractivity contribution in [3.63, 3.8) is 0 Å². The predicted molar refractivity (Wildman–Crippen MR) is 72.4 cm³/mol. The van der Waals surface area contributed by atoms with E-state index < -0.39 is 0 Å². The summed E-state index contributed by atoms with van der Waals surface area (Å²) < 4.78 is 10.4. The molecule has 1 fully saturated rings. The molecule has 2 aromatic rings. The summed E-state index contributed by atoms with van der Waals surface area (Å²) in [6, 6.07) is 0.346. The summed E-state index contributed by atoms with van der Waals surface area (Å²) >= 11 is 0. The van der Waals surface area contributed by atoms with Gasteiger partial charge in [0.05, 0.1) is 18.4 Å². The molecule has 2 heterocycles. The smallest absolute Gasteiger partial charge is 0.316 e. The van der Waals surface area contributed by atoms with Crippen LogP contribution < -0.4 is 4.74 Å². The van der Waals surface area contributed by atoms with Crippen LogP contribution in [0.5, 0.6) is 6.01 Å². The van der Waals surface area contributed by atoms with E-state index in [1.807, 2.05) is 6.92 Å². The van der Waals surface area contributed by atoms with Crippen LogP contribution in [0.15, 0.2) is 10.7 Å². The van der Waals surface area contributed by atoms with E-state index in [2.05, 4.69) is 20.1 Å². The number of nitrogens with zero attached hydrogens (tertiary/aromatic N) is 4. The Bertz CT molecular complexity index is 591. The molecule has 1 aliphatic rings. The molecule has 3 rings (SSSR count). The van der Waals surface area contributed by atoms with Crippen LogP contribution in [-0.2, 0) is 0 Å². The zero-order valence-electron chi connectivity index (χ0n) is 11.8. The highest BCUT2D eigenvalue weighted by Crippen LogP contribution is 2.32. The quantitative estimate of drug-likeness (QED) is 0.856. The fourth-order valence-corrected chi connectivity index (χ4v) is 2.62. The molecule has 20 heavy (non-hydrogen) atoms. The van der Waals surface area contributed by atoms with Gasteiger partial charge in [-0.1, -0.05) is 24.4 Å². The maximum absolute atomic E-state index is 5.38. The van der Waals surface area contributed by atoms with Gasteiger partial charge in [-0.25, -0.2) is 4.98 Å². The Labute approximate surface area is 117 Å². The third-order valence-corrected chi connectivity index (χ3v) is 3.78. The number of ether oxygens (including phenoxy) is 1. The van der Waals surface area contributed by atoms with Gasteiger partial charge in [0.1, 0.15) is 0 Å². The summed E-state index contributed by atoms with van der Waals surface area (Å²) in [5.41, 5.74) is 1.54. The van der Waals surface area contributed by atoms with Gasteiger partial charge in [-0.15, -0.1) is 0 Å². The molecule has 0 amide bonds. The Morgan fingerprint density at radius 2 is 2.00 bits per heavy atom. The molecule has 1 saturated carbocycles. The Hall–Kier alpha value is -1.98. The van der Waals surface area contributed by atoms with E-state index in [4.69, 9.17) is 9.26 Å². The van der Waals surface area contributed by atoms with Gasteiger partial charge in [0.15, 0.2) is 5.82 Å². The van der Waals surface area contributed by atoms with Crippen molar-refractivity contribution in [3.8, 4) is 17.5 Å². The molecule has 0 aliphatic heterocycles. The van der Waals surface area contributed by atoms with Crippen molar-refractivity contribution in [3.05, 3.63) is 17.7 Å². The first-order valence-corrected chi connectivity index (χ1v) is 6.99. The predicted octanol–water partition coefficient (Wildman–Crippen LogP) is 2.89. The molecule has 6 nitrogen and oxygen atoms in total. The van der Waals surface area contributed by atoms with Crippen molar-refractivity contribution >= 4 is 0 Å². The first-order valence-electron chi connectivity index (χ1n) is 6.99. The van der Waals surface area contributed by atoms with Crippen LogP contribution >= 0.6 is 0 Å². The van der Waals surface area contributed by atoms with Crippen molar-refractivity contribution in [2.24, 2.45) is 0 Å².